The van der Waals surface area contributed by atoms with Crippen LogP contribution >= 0.6 is 11.6 Å². The number of likely N-dealkylation sites (tertiary alicyclic amines) is 2. The lowest BCUT2D eigenvalue weighted by Crippen LogP contribution is -2.42. The number of sulfone groups is 1. The number of amides is 1. The summed E-state index contributed by atoms with van der Waals surface area (Å²) < 4.78 is 73.9. The number of halogens is 4. The minimum absolute atomic E-state index is 0.105. The molecule has 14 nitrogen and oxygen atoms in total. The summed E-state index contributed by atoms with van der Waals surface area (Å²) in [6, 6.07) is 14.1. The van der Waals surface area contributed by atoms with Crippen LogP contribution in [0.2, 0.25) is 5.02 Å². The minimum atomic E-state index is -4.44. The van der Waals surface area contributed by atoms with E-state index in [2.05, 4.69) is 65.2 Å². The predicted molar refractivity (Wildman–Crippen MR) is 270 cm³/mol. The molecule has 5 N–H and O–H groups in total. The number of nitrogens with one attached hydrogen (secondary N) is 5. The van der Waals surface area contributed by atoms with Gasteiger partial charge < -0.3 is 45.7 Å². The minimum Gasteiger partial charge on any atom is -0.384 e. The summed E-state index contributed by atoms with van der Waals surface area (Å²) in [4.78, 5) is 27.2. The summed E-state index contributed by atoms with van der Waals surface area (Å²) >= 11 is 6.46. The van der Waals surface area contributed by atoms with Gasteiger partial charge >= 0.3 is 6.18 Å². The van der Waals surface area contributed by atoms with Gasteiger partial charge in [-0.1, -0.05) is 54.3 Å². The number of rotatable bonds is 22. The number of hydrogen-bond acceptors (Lipinski definition) is 12. The van der Waals surface area contributed by atoms with E-state index in [1.54, 1.807) is 75.7 Å². The first-order valence-corrected chi connectivity index (χ1v) is 25.6. The molecule has 0 aliphatic carbocycles. The number of alkyl halides is 3. The van der Waals surface area contributed by atoms with E-state index in [9.17, 15) is 26.4 Å². The molecule has 2 aromatic carbocycles. The molecular weight excluding hydrogens is 929 g/mol. The molecule has 0 bridgehead atoms. The maximum Gasteiger partial charge on any atom is 0.406 e. The Morgan fingerprint density at radius 1 is 1.01 bits per heavy atom. The van der Waals surface area contributed by atoms with Gasteiger partial charge in [0.1, 0.15) is 11.6 Å². The normalized spacial score (nSPS) is 16.7. The third-order valence-corrected chi connectivity index (χ3v) is 14.6. The van der Waals surface area contributed by atoms with E-state index in [-0.39, 0.29) is 40.1 Å². The standard InChI is InChI=1S/C50H66ClF3N10O4S/c1-36(2)69(66,67)46-21-7-6-18-44(46)60-47-42(51)33-57-49(61-47)59-39-16-14-27-63(34-39)26-10-5-9-25-56-48(65)37(15-8-11-30-68-4)32-55-24-13-17-40-31-41-43(58-38-22-28-62(3)29-23-38)19-12-20-45(41)64(40)35-50(52,53)54/h6-8,12,15,18-21,31-33,36,38-39,55,58H,5,9-11,14,16,22-30,34-35H2,1-4H3,(H,56,65)(H2,57,59,60,61)/b15-8-,37-32+/t39-/m1/s1. The van der Waals surface area contributed by atoms with Gasteiger partial charge in [-0.05, 0) is 128 Å². The molecule has 6 rings (SSSR count). The van der Waals surface area contributed by atoms with E-state index in [0.717, 1.165) is 83.4 Å². The number of carbonyl (C=O) groups excluding carboxylic acids is 1. The van der Waals surface area contributed by atoms with Crippen LogP contribution in [0.4, 0.5) is 36.3 Å². The van der Waals surface area contributed by atoms with Crippen molar-refractivity contribution in [1.29, 1.82) is 0 Å². The number of fused-ring (bicyclic) bond motifs is 1. The van der Waals surface area contributed by atoms with Gasteiger partial charge in [0.25, 0.3) is 5.91 Å². The molecule has 0 radical (unpaired) electrons. The molecule has 69 heavy (non-hydrogen) atoms. The third kappa shape index (κ3) is 15.8. The lowest BCUT2D eigenvalue weighted by Gasteiger charge is -2.33. The Kier molecular flexibility index (Phi) is 19.6. The van der Waals surface area contributed by atoms with Crippen molar-refractivity contribution in [3.63, 3.8) is 0 Å². The number of nitrogens with zero attached hydrogens (tertiary/aromatic N) is 5. The second-order valence-corrected chi connectivity index (χ2v) is 20.7. The zero-order valence-corrected chi connectivity index (χ0v) is 41.5. The summed E-state index contributed by atoms with van der Waals surface area (Å²) in [7, 11) is 0.139. The number of hydrogen-bond donors (Lipinski definition) is 5. The zero-order chi connectivity index (χ0) is 49.4. The lowest BCUT2D eigenvalue weighted by atomic mass is 10.0. The largest absolute Gasteiger partial charge is 0.406 e. The zero-order valence-electron chi connectivity index (χ0n) is 40.0. The molecule has 0 unspecified atom stereocenters. The van der Waals surface area contributed by atoms with Crippen LogP contribution in [-0.2, 0) is 25.9 Å². The number of unbranched alkanes of at least 4 members (excludes halogenated alkanes) is 2. The molecule has 2 saturated heterocycles. The molecule has 4 heterocycles. The number of methoxy groups -OCH3 is 1. The first-order chi connectivity index (χ1) is 33.1. The van der Waals surface area contributed by atoms with Crippen molar-refractivity contribution in [2.45, 2.75) is 100 Å². The summed E-state index contributed by atoms with van der Waals surface area (Å²) in [6.07, 6.45) is 9.32. The molecule has 2 aliphatic rings. The molecule has 2 aromatic heterocycles. The molecule has 0 saturated carbocycles. The van der Waals surface area contributed by atoms with Crippen LogP contribution < -0.4 is 26.6 Å². The van der Waals surface area contributed by atoms with Gasteiger partial charge in [0.05, 0.1) is 45.4 Å². The number of benzene rings is 2. The highest BCUT2D eigenvalue weighted by Gasteiger charge is 2.30. The Labute approximate surface area is 409 Å². The van der Waals surface area contributed by atoms with Gasteiger partial charge in [0.15, 0.2) is 15.7 Å². The van der Waals surface area contributed by atoms with E-state index in [4.69, 9.17) is 16.3 Å². The van der Waals surface area contributed by atoms with E-state index < -0.39 is 27.8 Å². The molecule has 1 amide bonds. The number of anilines is 4. The highest BCUT2D eigenvalue weighted by atomic mass is 35.5. The summed E-state index contributed by atoms with van der Waals surface area (Å²) in [5.41, 5.74) is 2.31. The van der Waals surface area contributed by atoms with Crippen molar-refractivity contribution in [3.8, 4) is 11.8 Å². The first kappa shape index (κ1) is 53.0. The Hall–Kier alpha value is -5.32. The van der Waals surface area contributed by atoms with Crippen LogP contribution in [0.25, 0.3) is 10.9 Å². The fourth-order valence-electron chi connectivity index (χ4n) is 8.39. The number of para-hydroxylation sites is 1. The molecular formula is C50H66ClF3N10O4S. The average molecular weight is 996 g/mol. The van der Waals surface area contributed by atoms with Crippen molar-refractivity contribution in [3.05, 3.63) is 89.4 Å². The van der Waals surface area contributed by atoms with Gasteiger partial charge in [-0.3, -0.25) is 4.79 Å². The van der Waals surface area contributed by atoms with E-state index in [1.165, 1.54) is 10.8 Å². The van der Waals surface area contributed by atoms with Crippen LogP contribution in [0.1, 0.15) is 70.9 Å². The van der Waals surface area contributed by atoms with Crippen LogP contribution in [-0.4, -0.2) is 129 Å². The molecule has 2 aliphatic heterocycles. The van der Waals surface area contributed by atoms with Crippen LogP contribution in [0.5, 0.6) is 0 Å². The second-order valence-electron chi connectivity index (χ2n) is 17.9. The molecule has 2 fully saturated rings. The number of aromatic nitrogens is 3. The molecule has 0 spiro atoms. The number of ether oxygens (including phenoxy) is 1. The van der Waals surface area contributed by atoms with Crippen LogP contribution in [0.3, 0.4) is 0 Å². The van der Waals surface area contributed by atoms with Gasteiger partial charge in [-0.15, -0.1) is 0 Å². The first-order valence-electron chi connectivity index (χ1n) is 23.7. The van der Waals surface area contributed by atoms with Crippen LogP contribution in [0, 0.1) is 11.8 Å². The topological polar surface area (TPSA) is 158 Å². The Balaban J connectivity index is 0.977. The Bertz CT molecular complexity index is 2570. The SMILES string of the molecule is COCC/C=C\C(=C/NCC#Cc1cc2c(NC3CCN(C)CC3)cccc2n1CC(F)(F)F)C(=O)NCCCCCN1CCC[C@@H](Nc2ncc(Cl)c(Nc3ccccc3S(=O)(=O)C(C)C)n2)C1. The van der Waals surface area contributed by atoms with Crippen LogP contribution in [0.15, 0.2) is 83.5 Å². The highest BCUT2D eigenvalue weighted by molar-refractivity contribution is 7.92. The second kappa shape index (κ2) is 25.5. The van der Waals surface area contributed by atoms with E-state index in [0.29, 0.717) is 53.5 Å². The molecule has 1 atom stereocenters. The average Bonchev–Trinajstić information content (AvgIpc) is 3.66. The smallest absolute Gasteiger partial charge is 0.384 e. The fraction of sp³-hybridized carbons (Fsp3) is 0.500. The van der Waals surface area contributed by atoms with E-state index >= 15 is 0 Å². The highest BCUT2D eigenvalue weighted by Crippen LogP contribution is 2.33. The quantitative estimate of drug-likeness (QED) is 0.0222. The summed E-state index contributed by atoms with van der Waals surface area (Å²) in [5, 5.41) is 16.6. The van der Waals surface area contributed by atoms with Gasteiger partial charge in [0.2, 0.25) is 5.95 Å². The van der Waals surface area contributed by atoms with Gasteiger partial charge in [0, 0.05) is 56.2 Å². The van der Waals surface area contributed by atoms with Crippen molar-refractivity contribution in [1.82, 2.24) is 35.0 Å². The Morgan fingerprint density at radius 3 is 2.57 bits per heavy atom. The molecule has 19 heteroatoms. The third-order valence-electron chi connectivity index (χ3n) is 12.2. The number of piperidine rings is 2. The number of carbonyl (C=O) groups is 1. The van der Waals surface area contributed by atoms with Crippen molar-refractivity contribution in [2.75, 3.05) is 82.5 Å². The summed E-state index contributed by atoms with van der Waals surface area (Å²) in [5.74, 6) is 6.36. The Morgan fingerprint density at radius 2 is 1.80 bits per heavy atom. The summed E-state index contributed by atoms with van der Waals surface area (Å²) in [6.45, 7) is 7.80. The monoisotopic (exact) mass is 994 g/mol. The van der Waals surface area contributed by atoms with Gasteiger partial charge in [-0.25, -0.2) is 13.4 Å². The maximum absolute atomic E-state index is 13.8. The lowest BCUT2D eigenvalue weighted by molar-refractivity contribution is -0.140. The van der Waals surface area contributed by atoms with Crippen molar-refractivity contribution >= 4 is 61.4 Å². The maximum atomic E-state index is 13.8. The fourth-order valence-corrected chi connectivity index (χ4v) is 9.73. The van der Waals surface area contributed by atoms with Crippen molar-refractivity contribution < 1.29 is 31.1 Å². The van der Waals surface area contributed by atoms with E-state index in [1.807, 2.05) is 12.1 Å². The van der Waals surface area contributed by atoms with Crippen molar-refractivity contribution in [2.24, 2.45) is 0 Å². The molecule has 4 aromatic rings. The molecule has 374 valence electrons. The predicted octanol–water partition coefficient (Wildman–Crippen LogP) is 8.36. The van der Waals surface area contributed by atoms with Gasteiger partial charge in [-0.2, -0.15) is 18.2 Å².